The predicted octanol–water partition coefficient (Wildman–Crippen LogP) is 0.772. The molecule has 0 aromatic heterocycles. The Balaban J connectivity index is 2.72. The van der Waals surface area contributed by atoms with Gasteiger partial charge in [-0.2, -0.15) is 0 Å². The molecule has 1 aromatic rings. The Kier molecular flexibility index (Phi) is 4.66. The molecule has 92 valence electrons. The summed E-state index contributed by atoms with van der Waals surface area (Å²) in [5, 5.41) is 20.1. The summed E-state index contributed by atoms with van der Waals surface area (Å²) < 4.78 is 0. The van der Waals surface area contributed by atoms with Crippen molar-refractivity contribution in [1.29, 1.82) is 0 Å². The van der Waals surface area contributed by atoms with E-state index in [1.165, 1.54) is 0 Å². The van der Waals surface area contributed by atoms with Crippen molar-refractivity contribution >= 4 is 11.9 Å². The van der Waals surface area contributed by atoms with Gasteiger partial charge in [0.05, 0.1) is 6.61 Å². The van der Waals surface area contributed by atoms with Crippen molar-refractivity contribution < 1.29 is 19.8 Å². The molecule has 0 radical (unpaired) electrons. The lowest BCUT2D eigenvalue weighted by atomic mass is 10.1. The number of hydrogen-bond acceptors (Lipinski definition) is 3. The topological polar surface area (TPSA) is 86.6 Å². The summed E-state index contributed by atoms with van der Waals surface area (Å²) in [6, 6.07) is 5.47. The zero-order chi connectivity index (χ0) is 12.8. The molecule has 0 spiro atoms. The van der Waals surface area contributed by atoms with Crippen LogP contribution in [-0.4, -0.2) is 28.1 Å². The van der Waals surface area contributed by atoms with Gasteiger partial charge < -0.3 is 15.5 Å². The summed E-state index contributed by atoms with van der Waals surface area (Å²) in [5.74, 6) is -1.48. The maximum atomic E-state index is 11.7. The van der Waals surface area contributed by atoms with Crippen LogP contribution in [0.15, 0.2) is 24.3 Å². The summed E-state index contributed by atoms with van der Waals surface area (Å²) in [6.45, 7) is 1.60. The monoisotopic (exact) mass is 237 g/mol. The molecule has 0 saturated heterocycles. The van der Waals surface area contributed by atoms with E-state index >= 15 is 0 Å². The van der Waals surface area contributed by atoms with Crippen molar-refractivity contribution in [3.63, 3.8) is 0 Å². The Bertz CT molecular complexity index is 399. The van der Waals surface area contributed by atoms with Crippen molar-refractivity contribution in [3.8, 4) is 0 Å². The highest BCUT2D eigenvalue weighted by Crippen LogP contribution is 2.05. The molecule has 0 bridgehead atoms. The number of aliphatic carboxylic acids is 1. The molecule has 17 heavy (non-hydrogen) atoms. The smallest absolute Gasteiger partial charge is 0.326 e. The second kappa shape index (κ2) is 6.00. The van der Waals surface area contributed by atoms with Crippen molar-refractivity contribution in [1.82, 2.24) is 5.32 Å². The van der Waals surface area contributed by atoms with Gasteiger partial charge in [-0.3, -0.25) is 4.79 Å². The van der Waals surface area contributed by atoms with Gasteiger partial charge in [0.25, 0.3) is 5.91 Å². The van der Waals surface area contributed by atoms with Crippen LogP contribution in [0.2, 0.25) is 0 Å². The first-order valence-corrected chi connectivity index (χ1v) is 5.32. The zero-order valence-electron chi connectivity index (χ0n) is 9.51. The van der Waals surface area contributed by atoms with E-state index in [4.69, 9.17) is 10.2 Å². The number of carboxylic acid groups (broad SMARTS) is 1. The molecule has 0 fully saturated rings. The van der Waals surface area contributed by atoms with Crippen LogP contribution in [0.5, 0.6) is 0 Å². The number of carbonyl (C=O) groups excluding carboxylic acids is 1. The molecule has 1 aromatic carbocycles. The number of rotatable bonds is 5. The maximum Gasteiger partial charge on any atom is 0.326 e. The predicted molar refractivity (Wildman–Crippen MR) is 61.5 cm³/mol. The summed E-state index contributed by atoms with van der Waals surface area (Å²) >= 11 is 0. The Morgan fingerprint density at radius 2 is 1.88 bits per heavy atom. The number of amides is 1. The van der Waals surface area contributed by atoms with Gasteiger partial charge >= 0.3 is 5.97 Å². The van der Waals surface area contributed by atoms with E-state index in [0.717, 1.165) is 0 Å². The largest absolute Gasteiger partial charge is 0.480 e. The minimum atomic E-state index is -1.05. The Morgan fingerprint density at radius 1 is 1.29 bits per heavy atom. The zero-order valence-corrected chi connectivity index (χ0v) is 9.51. The molecule has 1 atom stereocenters. The van der Waals surface area contributed by atoms with Crippen molar-refractivity contribution in [2.75, 3.05) is 0 Å². The number of aliphatic hydroxyl groups is 1. The molecule has 0 aliphatic carbocycles. The number of carbonyl (C=O) groups is 2. The summed E-state index contributed by atoms with van der Waals surface area (Å²) in [5.41, 5.74) is 1.08. The van der Waals surface area contributed by atoms with Crippen LogP contribution in [0.3, 0.4) is 0 Å². The van der Waals surface area contributed by atoms with Gasteiger partial charge in [0.15, 0.2) is 0 Å². The number of carboxylic acids is 1. The number of nitrogens with one attached hydrogen (secondary N) is 1. The molecule has 3 N–H and O–H groups in total. The van der Waals surface area contributed by atoms with Gasteiger partial charge in [-0.05, 0) is 24.1 Å². The fourth-order valence-corrected chi connectivity index (χ4v) is 1.34. The van der Waals surface area contributed by atoms with E-state index in [1.807, 2.05) is 0 Å². The summed E-state index contributed by atoms with van der Waals surface area (Å²) in [6.07, 6.45) is 0.329. The highest BCUT2D eigenvalue weighted by Gasteiger charge is 2.18. The van der Waals surface area contributed by atoms with Crippen LogP contribution in [0, 0.1) is 0 Å². The van der Waals surface area contributed by atoms with Crippen molar-refractivity contribution in [2.24, 2.45) is 0 Å². The fourth-order valence-electron chi connectivity index (χ4n) is 1.34. The van der Waals surface area contributed by atoms with Crippen molar-refractivity contribution in [2.45, 2.75) is 26.0 Å². The standard InChI is InChI=1S/C12H15NO4/c1-2-10(12(16)17)13-11(15)9-5-3-8(7-14)4-6-9/h3-6,10,14H,2,7H2,1H3,(H,13,15)(H,16,17)/t10-/m1/s1. The molecule has 0 saturated carbocycles. The molecule has 0 heterocycles. The van der Waals surface area contributed by atoms with Gasteiger partial charge in [-0.1, -0.05) is 19.1 Å². The van der Waals surface area contributed by atoms with Crippen LogP contribution < -0.4 is 5.32 Å². The Labute approximate surface area is 99.1 Å². The van der Waals surface area contributed by atoms with Gasteiger partial charge in [0.1, 0.15) is 6.04 Å². The summed E-state index contributed by atoms with van der Waals surface area (Å²) in [7, 11) is 0. The first-order valence-electron chi connectivity index (χ1n) is 5.32. The second-order valence-electron chi connectivity index (χ2n) is 3.63. The third-order valence-electron chi connectivity index (χ3n) is 2.41. The first kappa shape index (κ1) is 13.2. The van der Waals surface area contributed by atoms with E-state index in [0.29, 0.717) is 17.5 Å². The van der Waals surface area contributed by atoms with Gasteiger partial charge in [-0.15, -0.1) is 0 Å². The Hall–Kier alpha value is -1.88. The van der Waals surface area contributed by atoms with Crippen LogP contribution in [0.1, 0.15) is 29.3 Å². The molecular weight excluding hydrogens is 222 g/mol. The van der Waals surface area contributed by atoms with Crippen LogP contribution in [-0.2, 0) is 11.4 Å². The highest BCUT2D eigenvalue weighted by molar-refractivity contribution is 5.96. The van der Waals surface area contributed by atoms with E-state index in [2.05, 4.69) is 5.32 Å². The second-order valence-corrected chi connectivity index (χ2v) is 3.63. The number of hydrogen-bond donors (Lipinski definition) is 3. The van der Waals surface area contributed by atoms with E-state index in [9.17, 15) is 9.59 Å². The van der Waals surface area contributed by atoms with Gasteiger partial charge in [0.2, 0.25) is 0 Å². The van der Waals surface area contributed by atoms with Crippen LogP contribution in [0.25, 0.3) is 0 Å². The van der Waals surface area contributed by atoms with E-state index in [1.54, 1.807) is 31.2 Å². The van der Waals surface area contributed by atoms with Crippen LogP contribution in [0.4, 0.5) is 0 Å². The SMILES string of the molecule is CC[C@@H](NC(=O)c1ccc(CO)cc1)C(=O)O. The quantitative estimate of drug-likeness (QED) is 0.706. The molecule has 5 nitrogen and oxygen atoms in total. The number of benzene rings is 1. The summed E-state index contributed by atoms with van der Waals surface area (Å²) in [4.78, 5) is 22.4. The average molecular weight is 237 g/mol. The molecule has 5 heteroatoms. The first-order chi connectivity index (χ1) is 8.08. The normalized spacial score (nSPS) is 11.9. The van der Waals surface area contributed by atoms with Crippen molar-refractivity contribution in [3.05, 3.63) is 35.4 Å². The minimum absolute atomic E-state index is 0.0887. The fraction of sp³-hybridized carbons (Fsp3) is 0.333. The molecular formula is C12H15NO4. The average Bonchev–Trinajstić information content (AvgIpc) is 2.35. The third kappa shape index (κ3) is 3.57. The minimum Gasteiger partial charge on any atom is -0.480 e. The van der Waals surface area contributed by atoms with E-state index in [-0.39, 0.29) is 6.61 Å². The molecule has 0 unspecified atom stereocenters. The lowest BCUT2D eigenvalue weighted by Crippen LogP contribution is -2.40. The van der Waals surface area contributed by atoms with Gasteiger partial charge in [0, 0.05) is 5.56 Å². The maximum absolute atomic E-state index is 11.7. The molecule has 0 aliphatic rings. The lowest BCUT2D eigenvalue weighted by molar-refractivity contribution is -0.139. The Morgan fingerprint density at radius 3 is 2.29 bits per heavy atom. The highest BCUT2D eigenvalue weighted by atomic mass is 16.4. The van der Waals surface area contributed by atoms with E-state index < -0.39 is 17.9 Å². The molecule has 1 rings (SSSR count). The number of aliphatic hydroxyl groups excluding tert-OH is 1. The molecule has 0 aliphatic heterocycles. The lowest BCUT2D eigenvalue weighted by Gasteiger charge is -2.12. The van der Waals surface area contributed by atoms with Gasteiger partial charge in [-0.25, -0.2) is 4.79 Å². The molecule has 1 amide bonds. The third-order valence-corrected chi connectivity index (χ3v) is 2.41. The van der Waals surface area contributed by atoms with Crippen LogP contribution >= 0.6 is 0 Å².